The molecule has 2 fully saturated rings. The molecule has 1 N–H and O–H groups in total. The van der Waals surface area contributed by atoms with Crippen LogP contribution < -0.4 is 10.2 Å². The lowest BCUT2D eigenvalue weighted by Crippen LogP contribution is -2.52. The zero-order valence-corrected chi connectivity index (χ0v) is 23.6. The minimum atomic E-state index is -4.83. The van der Waals surface area contributed by atoms with E-state index >= 15 is 0 Å². The van der Waals surface area contributed by atoms with Gasteiger partial charge in [0.15, 0.2) is 0 Å². The number of hydrogen-bond donors (Lipinski definition) is 1. The van der Waals surface area contributed by atoms with E-state index in [4.69, 9.17) is 9.72 Å². The van der Waals surface area contributed by atoms with Crippen LogP contribution in [0.4, 0.5) is 30.4 Å². The van der Waals surface area contributed by atoms with Crippen molar-refractivity contribution >= 4 is 34.0 Å². The standard InChI is InChI=1S/C30H34F3N5O4/c1-19-3-10-26-21(17-19)4-12-28(35-26)36-13-15-37(16-14-36)29(39)20(2)42-24-8-5-22(6-9-24)34-23-7-11-27(38(40)41)25(18-23)30(31,32)33/h3-4,7,10-12,17-18,20,22,24,34H,5-6,8-9,13-16H2,1-2H3. The molecule has 9 nitrogen and oxygen atoms in total. The van der Waals surface area contributed by atoms with Crippen LogP contribution in [0.25, 0.3) is 10.9 Å². The topological polar surface area (TPSA) is 101 Å². The Morgan fingerprint density at radius 1 is 1.05 bits per heavy atom. The third-order valence-corrected chi connectivity index (χ3v) is 8.03. The number of piperazine rings is 1. The highest BCUT2D eigenvalue weighted by atomic mass is 19.4. The molecular weight excluding hydrogens is 551 g/mol. The molecule has 0 bridgehead atoms. The minimum absolute atomic E-state index is 0.0533. The lowest BCUT2D eigenvalue weighted by atomic mass is 9.92. The van der Waals surface area contributed by atoms with Crippen LogP contribution in [0.1, 0.15) is 43.7 Å². The Balaban J connectivity index is 1.08. The first-order valence-electron chi connectivity index (χ1n) is 14.2. The molecule has 2 aliphatic rings. The summed E-state index contributed by atoms with van der Waals surface area (Å²) < 4.78 is 46.1. The molecule has 2 heterocycles. The predicted molar refractivity (Wildman–Crippen MR) is 154 cm³/mol. The molecular formula is C30H34F3N5O4. The number of benzene rings is 2. The van der Waals surface area contributed by atoms with Gasteiger partial charge in [0, 0.05) is 49.4 Å². The Hall–Kier alpha value is -3.93. The normalized spacial score (nSPS) is 20.4. The molecule has 12 heteroatoms. The van der Waals surface area contributed by atoms with Gasteiger partial charge in [-0.25, -0.2) is 4.98 Å². The Kier molecular flexibility index (Phi) is 8.53. The van der Waals surface area contributed by atoms with Crippen molar-refractivity contribution in [3.05, 3.63) is 69.8 Å². The number of nitro benzene ring substituents is 1. The van der Waals surface area contributed by atoms with Crippen molar-refractivity contribution < 1.29 is 27.6 Å². The van der Waals surface area contributed by atoms with Crippen LogP contribution in [0.3, 0.4) is 0 Å². The maximum absolute atomic E-state index is 13.3. The number of carbonyl (C=O) groups excluding carboxylic acids is 1. The number of rotatable bonds is 7. The van der Waals surface area contributed by atoms with E-state index in [-0.39, 0.29) is 23.7 Å². The number of fused-ring (bicyclic) bond motifs is 1. The van der Waals surface area contributed by atoms with E-state index in [1.807, 2.05) is 23.1 Å². The van der Waals surface area contributed by atoms with Gasteiger partial charge in [-0.05, 0) is 75.9 Å². The van der Waals surface area contributed by atoms with Crippen LogP contribution in [0.5, 0.6) is 0 Å². The number of aromatic nitrogens is 1. The number of ether oxygens (including phenoxy) is 1. The van der Waals surface area contributed by atoms with Crippen molar-refractivity contribution in [2.45, 2.75) is 64.0 Å². The average molecular weight is 586 g/mol. The van der Waals surface area contributed by atoms with Gasteiger partial charge >= 0.3 is 6.18 Å². The third kappa shape index (κ3) is 6.75. The molecule has 5 rings (SSSR count). The number of hydrogen-bond acceptors (Lipinski definition) is 7. The molecule has 3 aromatic rings. The molecule has 224 valence electrons. The number of nitrogens with zero attached hydrogens (tertiary/aromatic N) is 4. The van der Waals surface area contributed by atoms with E-state index in [1.54, 1.807) is 6.92 Å². The summed E-state index contributed by atoms with van der Waals surface area (Å²) in [6.07, 6.45) is -2.98. The smallest absolute Gasteiger partial charge is 0.382 e. The molecule has 0 radical (unpaired) electrons. The van der Waals surface area contributed by atoms with Gasteiger partial charge in [-0.1, -0.05) is 11.6 Å². The van der Waals surface area contributed by atoms with E-state index in [1.165, 1.54) is 11.6 Å². The number of aryl methyl sites for hydroxylation is 1. The second-order valence-corrected chi connectivity index (χ2v) is 11.1. The lowest BCUT2D eigenvalue weighted by Gasteiger charge is -2.37. The largest absolute Gasteiger partial charge is 0.423 e. The van der Waals surface area contributed by atoms with Gasteiger partial charge in [-0.3, -0.25) is 14.9 Å². The highest BCUT2D eigenvalue weighted by Crippen LogP contribution is 2.38. The SMILES string of the molecule is Cc1ccc2nc(N3CCN(C(=O)C(C)OC4CCC(Nc5ccc([N+](=O)[O-])c(C(F)(F)F)c5)CC4)CC3)ccc2c1. The van der Waals surface area contributed by atoms with Crippen LogP contribution in [0.2, 0.25) is 0 Å². The summed E-state index contributed by atoms with van der Waals surface area (Å²) in [6.45, 7) is 6.33. The average Bonchev–Trinajstić information content (AvgIpc) is 2.97. The van der Waals surface area contributed by atoms with Gasteiger partial charge in [-0.2, -0.15) is 13.2 Å². The van der Waals surface area contributed by atoms with Crippen molar-refractivity contribution in [2.75, 3.05) is 36.4 Å². The van der Waals surface area contributed by atoms with E-state index in [9.17, 15) is 28.1 Å². The Bertz CT molecular complexity index is 1450. The van der Waals surface area contributed by atoms with Crippen molar-refractivity contribution in [2.24, 2.45) is 0 Å². The number of nitrogens with one attached hydrogen (secondary N) is 1. The maximum atomic E-state index is 13.3. The fraction of sp³-hybridized carbons (Fsp3) is 0.467. The second-order valence-electron chi connectivity index (χ2n) is 11.1. The van der Waals surface area contributed by atoms with E-state index in [0.29, 0.717) is 51.9 Å². The summed E-state index contributed by atoms with van der Waals surface area (Å²) in [5.74, 6) is 0.846. The van der Waals surface area contributed by atoms with Gasteiger partial charge in [-0.15, -0.1) is 0 Å². The quantitative estimate of drug-likeness (QED) is 0.270. The van der Waals surface area contributed by atoms with Crippen molar-refractivity contribution in [3.8, 4) is 0 Å². The maximum Gasteiger partial charge on any atom is 0.423 e. The van der Waals surface area contributed by atoms with Crippen LogP contribution in [-0.2, 0) is 15.7 Å². The molecule has 1 aliphatic heterocycles. The van der Waals surface area contributed by atoms with Crippen molar-refractivity contribution in [3.63, 3.8) is 0 Å². The summed E-state index contributed by atoms with van der Waals surface area (Å²) >= 11 is 0. The first-order valence-corrected chi connectivity index (χ1v) is 14.2. The monoisotopic (exact) mass is 585 g/mol. The summed E-state index contributed by atoms with van der Waals surface area (Å²) in [7, 11) is 0. The summed E-state index contributed by atoms with van der Waals surface area (Å²) in [6, 6.07) is 13.2. The van der Waals surface area contributed by atoms with E-state index in [2.05, 4.69) is 29.3 Å². The molecule has 1 atom stereocenters. The number of amides is 1. The fourth-order valence-electron chi connectivity index (χ4n) is 5.76. The molecule has 0 spiro atoms. The van der Waals surface area contributed by atoms with E-state index < -0.39 is 28.5 Å². The molecule has 42 heavy (non-hydrogen) atoms. The molecule has 1 amide bonds. The van der Waals surface area contributed by atoms with Crippen LogP contribution >= 0.6 is 0 Å². The van der Waals surface area contributed by atoms with E-state index in [0.717, 1.165) is 28.9 Å². The summed E-state index contributed by atoms with van der Waals surface area (Å²) in [5, 5.41) is 15.2. The Morgan fingerprint density at radius 2 is 1.76 bits per heavy atom. The van der Waals surface area contributed by atoms with Crippen LogP contribution in [0, 0.1) is 17.0 Å². The van der Waals surface area contributed by atoms with Crippen LogP contribution in [-0.4, -0.2) is 65.1 Å². The zero-order chi connectivity index (χ0) is 30.0. The zero-order valence-electron chi connectivity index (χ0n) is 23.6. The fourth-order valence-corrected chi connectivity index (χ4v) is 5.76. The highest BCUT2D eigenvalue weighted by Gasteiger charge is 2.38. The van der Waals surface area contributed by atoms with Gasteiger partial charge in [0.05, 0.1) is 16.5 Å². The molecule has 1 saturated carbocycles. The van der Waals surface area contributed by atoms with Gasteiger partial charge in [0.25, 0.3) is 11.6 Å². The van der Waals surface area contributed by atoms with Crippen molar-refractivity contribution in [1.82, 2.24) is 9.88 Å². The molecule has 1 aromatic heterocycles. The number of alkyl halides is 3. The first-order chi connectivity index (χ1) is 20.0. The van der Waals surface area contributed by atoms with Gasteiger partial charge < -0.3 is 19.9 Å². The first kappa shape index (κ1) is 29.6. The molecule has 2 aromatic carbocycles. The number of anilines is 2. The summed E-state index contributed by atoms with van der Waals surface area (Å²) in [5.41, 5.74) is 0.0867. The number of halogens is 3. The lowest BCUT2D eigenvalue weighted by molar-refractivity contribution is -0.388. The Labute approximate surface area is 241 Å². The Morgan fingerprint density at radius 3 is 2.43 bits per heavy atom. The molecule has 1 saturated heterocycles. The number of carbonyl (C=O) groups is 1. The molecule has 1 unspecified atom stereocenters. The number of pyridine rings is 1. The third-order valence-electron chi connectivity index (χ3n) is 8.03. The van der Waals surface area contributed by atoms with Crippen LogP contribution in [0.15, 0.2) is 48.5 Å². The van der Waals surface area contributed by atoms with Crippen molar-refractivity contribution in [1.29, 1.82) is 0 Å². The predicted octanol–water partition coefficient (Wildman–Crippen LogP) is 5.95. The highest BCUT2D eigenvalue weighted by molar-refractivity contribution is 5.82. The second kappa shape index (κ2) is 12.1. The summed E-state index contributed by atoms with van der Waals surface area (Å²) in [4.78, 5) is 31.9. The van der Waals surface area contributed by atoms with Gasteiger partial charge in [0.1, 0.15) is 17.5 Å². The minimum Gasteiger partial charge on any atom is -0.382 e. The molecule has 1 aliphatic carbocycles. The van der Waals surface area contributed by atoms with Gasteiger partial charge in [0.2, 0.25) is 0 Å². The number of nitro groups is 1.